The van der Waals surface area contributed by atoms with E-state index in [2.05, 4.69) is 4.89 Å². The molecule has 0 aliphatic carbocycles. The van der Waals surface area contributed by atoms with Crippen molar-refractivity contribution in [3.63, 3.8) is 0 Å². The topological polar surface area (TPSA) is 72.6 Å². The summed E-state index contributed by atoms with van der Waals surface area (Å²) in [6.45, 7) is 1.43. The van der Waals surface area contributed by atoms with Gasteiger partial charge >= 0.3 is 5.97 Å². The molecule has 0 aliphatic heterocycles. The second-order valence-electron chi connectivity index (χ2n) is 1.23. The zero-order valence-electron chi connectivity index (χ0n) is 4.42. The Bertz CT molecular complexity index is 118. The second kappa shape index (κ2) is 3.04. The Labute approximate surface area is 46.5 Å². The average molecular weight is 117 g/mol. The van der Waals surface area contributed by atoms with Gasteiger partial charge in [-0.3, -0.25) is 4.89 Å². The molecule has 0 heterocycles. The average Bonchev–Trinajstić information content (AvgIpc) is 1.84. The van der Waals surface area contributed by atoms with Crippen LogP contribution >= 0.6 is 0 Å². The van der Waals surface area contributed by atoms with Crippen LogP contribution in [0.1, 0.15) is 6.92 Å². The summed E-state index contributed by atoms with van der Waals surface area (Å²) in [6, 6.07) is 0. The molecule has 0 spiro atoms. The fourth-order valence-electron chi connectivity index (χ4n) is 0.140. The summed E-state index contributed by atoms with van der Waals surface area (Å²) in [5.41, 5.74) is 5.05. The van der Waals surface area contributed by atoms with Gasteiger partial charge in [0.15, 0.2) is 0 Å². The van der Waals surface area contributed by atoms with E-state index in [1.807, 2.05) is 0 Å². The summed E-state index contributed by atoms with van der Waals surface area (Å²) in [7, 11) is 0. The Morgan fingerprint density at radius 2 is 2.38 bits per heavy atom. The lowest BCUT2D eigenvalue weighted by molar-refractivity contribution is -0.229. The minimum atomic E-state index is -0.826. The second-order valence-corrected chi connectivity index (χ2v) is 1.23. The van der Waals surface area contributed by atoms with Crippen LogP contribution in [-0.2, 0) is 9.68 Å². The molecule has 0 bridgehead atoms. The SMILES string of the molecule is CC(=CN)C(=O)OO. The Morgan fingerprint density at radius 3 is 2.50 bits per heavy atom. The van der Waals surface area contributed by atoms with Crippen molar-refractivity contribution in [1.29, 1.82) is 0 Å². The molecule has 46 valence electrons. The van der Waals surface area contributed by atoms with Crippen LogP contribution in [-0.4, -0.2) is 11.2 Å². The lowest BCUT2D eigenvalue weighted by Crippen LogP contribution is -2.03. The van der Waals surface area contributed by atoms with Gasteiger partial charge in [0.25, 0.3) is 0 Å². The van der Waals surface area contributed by atoms with Gasteiger partial charge in [-0.2, -0.15) is 5.26 Å². The highest BCUT2D eigenvalue weighted by Crippen LogP contribution is 1.89. The minimum absolute atomic E-state index is 0.174. The minimum Gasteiger partial charge on any atom is -0.404 e. The van der Waals surface area contributed by atoms with Crippen molar-refractivity contribution in [1.82, 2.24) is 0 Å². The van der Waals surface area contributed by atoms with E-state index in [1.165, 1.54) is 6.92 Å². The molecule has 0 fully saturated rings. The van der Waals surface area contributed by atoms with E-state index in [0.717, 1.165) is 6.20 Å². The fraction of sp³-hybridized carbons (Fsp3) is 0.250. The summed E-state index contributed by atoms with van der Waals surface area (Å²) in [6.07, 6.45) is 1.05. The van der Waals surface area contributed by atoms with Crippen LogP contribution in [0.25, 0.3) is 0 Å². The van der Waals surface area contributed by atoms with Crippen molar-refractivity contribution in [2.75, 3.05) is 0 Å². The Balaban J connectivity index is 3.83. The zero-order valence-corrected chi connectivity index (χ0v) is 4.42. The molecular weight excluding hydrogens is 110 g/mol. The monoisotopic (exact) mass is 117 g/mol. The van der Waals surface area contributed by atoms with E-state index < -0.39 is 5.97 Å². The summed E-state index contributed by atoms with van der Waals surface area (Å²) in [5.74, 6) is -0.826. The summed E-state index contributed by atoms with van der Waals surface area (Å²) in [4.78, 5) is 13.4. The highest BCUT2D eigenvalue weighted by atomic mass is 17.1. The molecule has 0 saturated carbocycles. The van der Waals surface area contributed by atoms with Crippen molar-refractivity contribution < 1.29 is 14.9 Å². The molecule has 0 rings (SSSR count). The molecule has 4 nitrogen and oxygen atoms in total. The molecule has 0 amide bonds. The largest absolute Gasteiger partial charge is 0.404 e. The number of carbonyl (C=O) groups is 1. The number of carbonyl (C=O) groups excluding carboxylic acids is 1. The van der Waals surface area contributed by atoms with Gasteiger partial charge in [0.2, 0.25) is 0 Å². The summed E-state index contributed by atoms with van der Waals surface area (Å²) < 4.78 is 0. The van der Waals surface area contributed by atoms with Gasteiger partial charge in [-0.15, -0.1) is 0 Å². The fourth-order valence-corrected chi connectivity index (χ4v) is 0.140. The Hall–Kier alpha value is -1.03. The van der Waals surface area contributed by atoms with Gasteiger partial charge in [-0.05, 0) is 6.92 Å². The first-order valence-electron chi connectivity index (χ1n) is 1.96. The lowest BCUT2D eigenvalue weighted by atomic mass is 10.3. The Kier molecular flexibility index (Phi) is 2.64. The molecule has 3 N–H and O–H groups in total. The van der Waals surface area contributed by atoms with Crippen molar-refractivity contribution in [2.24, 2.45) is 5.73 Å². The van der Waals surface area contributed by atoms with Crippen molar-refractivity contribution in [3.8, 4) is 0 Å². The van der Waals surface area contributed by atoms with Crippen LogP contribution < -0.4 is 5.73 Å². The van der Waals surface area contributed by atoms with E-state index >= 15 is 0 Å². The van der Waals surface area contributed by atoms with Crippen molar-refractivity contribution in [3.05, 3.63) is 11.8 Å². The van der Waals surface area contributed by atoms with E-state index in [0.29, 0.717) is 0 Å². The molecule has 0 saturated heterocycles. The van der Waals surface area contributed by atoms with E-state index in [4.69, 9.17) is 11.0 Å². The molecule has 0 atom stereocenters. The predicted molar refractivity (Wildman–Crippen MR) is 26.7 cm³/mol. The van der Waals surface area contributed by atoms with Crippen LogP contribution in [0.15, 0.2) is 11.8 Å². The Morgan fingerprint density at radius 1 is 1.88 bits per heavy atom. The first kappa shape index (κ1) is 6.97. The molecular formula is C4H7NO3. The number of hydrogen-bond donors (Lipinski definition) is 2. The van der Waals surface area contributed by atoms with Gasteiger partial charge in [0.05, 0.1) is 5.57 Å². The van der Waals surface area contributed by atoms with E-state index in [9.17, 15) is 4.79 Å². The van der Waals surface area contributed by atoms with E-state index in [1.54, 1.807) is 0 Å². The van der Waals surface area contributed by atoms with Crippen LogP contribution in [0.2, 0.25) is 0 Å². The van der Waals surface area contributed by atoms with Crippen molar-refractivity contribution in [2.45, 2.75) is 6.92 Å². The van der Waals surface area contributed by atoms with Crippen LogP contribution in [0.3, 0.4) is 0 Å². The van der Waals surface area contributed by atoms with Crippen LogP contribution in [0.5, 0.6) is 0 Å². The van der Waals surface area contributed by atoms with Gasteiger partial charge in [-0.25, -0.2) is 4.79 Å². The molecule has 0 aromatic rings. The number of rotatable bonds is 1. The van der Waals surface area contributed by atoms with E-state index in [-0.39, 0.29) is 5.57 Å². The van der Waals surface area contributed by atoms with Crippen molar-refractivity contribution >= 4 is 5.97 Å². The van der Waals surface area contributed by atoms with Crippen LogP contribution in [0, 0.1) is 0 Å². The third kappa shape index (κ3) is 1.61. The maximum Gasteiger partial charge on any atom is 0.369 e. The molecule has 0 aromatic heterocycles. The maximum absolute atomic E-state index is 10.1. The molecule has 0 unspecified atom stereocenters. The molecule has 8 heavy (non-hydrogen) atoms. The highest BCUT2D eigenvalue weighted by Gasteiger charge is 2.01. The molecule has 0 aliphatic rings. The standard InChI is InChI=1S/C4H7NO3/c1-3(2-5)4(6)8-7/h2,7H,5H2,1H3. The number of nitrogens with two attached hydrogens (primary N) is 1. The van der Waals surface area contributed by atoms with Gasteiger partial charge < -0.3 is 5.73 Å². The van der Waals surface area contributed by atoms with Crippen LogP contribution in [0.4, 0.5) is 0 Å². The molecule has 0 aromatic carbocycles. The summed E-state index contributed by atoms with van der Waals surface area (Å²) in [5, 5.41) is 7.69. The van der Waals surface area contributed by atoms with Gasteiger partial charge in [0.1, 0.15) is 0 Å². The quantitative estimate of drug-likeness (QED) is 0.285. The predicted octanol–water partition coefficient (Wildman–Crippen LogP) is -0.135. The van der Waals surface area contributed by atoms with Gasteiger partial charge in [-0.1, -0.05) is 0 Å². The summed E-state index contributed by atoms with van der Waals surface area (Å²) >= 11 is 0. The molecule has 0 radical (unpaired) electrons. The normalized spacial score (nSPS) is 11.0. The first-order chi connectivity index (χ1) is 3.72. The third-order valence-electron chi connectivity index (χ3n) is 0.655. The molecule has 4 heteroatoms. The smallest absolute Gasteiger partial charge is 0.369 e. The maximum atomic E-state index is 10.1. The van der Waals surface area contributed by atoms with Gasteiger partial charge in [0, 0.05) is 6.20 Å². The number of hydrogen-bond acceptors (Lipinski definition) is 4. The highest BCUT2D eigenvalue weighted by molar-refractivity contribution is 5.86. The third-order valence-corrected chi connectivity index (χ3v) is 0.655. The lowest BCUT2D eigenvalue weighted by Gasteiger charge is -1.90. The zero-order chi connectivity index (χ0) is 6.57. The first-order valence-corrected chi connectivity index (χ1v) is 1.96.